The van der Waals surface area contributed by atoms with Crippen LogP contribution in [0.5, 0.6) is 0 Å². The second-order valence-electron chi connectivity index (χ2n) is 3.89. The fourth-order valence-electron chi connectivity index (χ4n) is 1.49. The van der Waals surface area contributed by atoms with Crippen LogP contribution in [0.1, 0.15) is 25.0 Å². The molecule has 0 aromatic heterocycles. The van der Waals surface area contributed by atoms with Crippen molar-refractivity contribution in [1.29, 1.82) is 0 Å². The zero-order valence-electron chi connectivity index (χ0n) is 10.0. The Balaban J connectivity index is 2.71. The number of hydrogen-bond donors (Lipinski definition) is 0. The predicted octanol–water partition coefficient (Wildman–Crippen LogP) is 2.80. The zero-order valence-corrected chi connectivity index (χ0v) is 10.0. The molecule has 0 bridgehead atoms. The van der Waals surface area contributed by atoms with Gasteiger partial charge < -0.3 is 9.47 Å². The molecule has 0 heterocycles. The Kier molecular flexibility index (Phi) is 4.30. The van der Waals surface area contributed by atoms with Gasteiger partial charge in [-0.05, 0) is 24.5 Å². The predicted molar refractivity (Wildman–Crippen MR) is 61.9 cm³/mol. The van der Waals surface area contributed by atoms with Gasteiger partial charge in [-0.1, -0.05) is 31.2 Å². The quantitative estimate of drug-likeness (QED) is 0.693. The molecule has 0 aliphatic rings. The molecule has 0 N–H and O–H groups in total. The van der Waals surface area contributed by atoms with Gasteiger partial charge >= 0.3 is 0 Å². The highest BCUT2D eigenvalue weighted by Gasteiger charge is 2.22. The lowest BCUT2D eigenvalue weighted by atomic mass is 10.0. The molecule has 1 aromatic rings. The SMILES string of the molecule is CCc1ccc(CC(C)(OC)OC)cc1. The van der Waals surface area contributed by atoms with E-state index in [1.807, 2.05) is 6.92 Å². The maximum Gasteiger partial charge on any atom is 0.168 e. The van der Waals surface area contributed by atoms with Gasteiger partial charge in [-0.3, -0.25) is 0 Å². The van der Waals surface area contributed by atoms with Crippen LogP contribution in [0.4, 0.5) is 0 Å². The number of aryl methyl sites for hydroxylation is 1. The average molecular weight is 208 g/mol. The monoisotopic (exact) mass is 208 g/mol. The summed E-state index contributed by atoms with van der Waals surface area (Å²) in [6, 6.07) is 8.58. The molecule has 0 fully saturated rings. The molecule has 0 aliphatic heterocycles. The largest absolute Gasteiger partial charge is 0.353 e. The summed E-state index contributed by atoms with van der Waals surface area (Å²) >= 11 is 0. The highest BCUT2D eigenvalue weighted by Crippen LogP contribution is 2.18. The van der Waals surface area contributed by atoms with Crippen molar-refractivity contribution in [2.75, 3.05) is 14.2 Å². The van der Waals surface area contributed by atoms with Gasteiger partial charge in [0.1, 0.15) is 0 Å². The molecule has 0 saturated carbocycles. The third-order valence-corrected chi connectivity index (χ3v) is 2.82. The molecule has 0 spiro atoms. The number of ether oxygens (including phenoxy) is 2. The topological polar surface area (TPSA) is 18.5 Å². The van der Waals surface area contributed by atoms with Crippen LogP contribution in [0.15, 0.2) is 24.3 Å². The minimum atomic E-state index is -0.520. The number of methoxy groups -OCH3 is 2. The number of rotatable bonds is 5. The standard InChI is InChI=1S/C13H20O2/c1-5-11-6-8-12(9-7-11)10-13(2,14-3)15-4/h6-9H,5,10H2,1-4H3. The van der Waals surface area contributed by atoms with Gasteiger partial charge in [0, 0.05) is 20.6 Å². The Morgan fingerprint density at radius 3 is 1.87 bits per heavy atom. The fourth-order valence-corrected chi connectivity index (χ4v) is 1.49. The molecule has 1 rings (SSSR count). The van der Waals surface area contributed by atoms with E-state index in [-0.39, 0.29) is 0 Å². The van der Waals surface area contributed by atoms with Crippen molar-refractivity contribution in [1.82, 2.24) is 0 Å². The summed E-state index contributed by atoms with van der Waals surface area (Å²) in [5.41, 5.74) is 2.59. The van der Waals surface area contributed by atoms with Gasteiger partial charge in [-0.25, -0.2) is 0 Å². The van der Waals surface area contributed by atoms with E-state index in [1.165, 1.54) is 11.1 Å². The maximum atomic E-state index is 5.33. The van der Waals surface area contributed by atoms with Crippen molar-refractivity contribution in [3.05, 3.63) is 35.4 Å². The lowest BCUT2D eigenvalue weighted by molar-refractivity contribution is -0.191. The van der Waals surface area contributed by atoms with Crippen molar-refractivity contribution in [3.63, 3.8) is 0 Å². The van der Waals surface area contributed by atoms with Crippen molar-refractivity contribution in [2.24, 2.45) is 0 Å². The smallest absolute Gasteiger partial charge is 0.168 e. The molecule has 0 unspecified atom stereocenters. The van der Waals surface area contributed by atoms with E-state index in [1.54, 1.807) is 14.2 Å². The number of hydrogen-bond acceptors (Lipinski definition) is 2. The summed E-state index contributed by atoms with van der Waals surface area (Å²) < 4.78 is 10.7. The molecule has 0 atom stereocenters. The summed E-state index contributed by atoms with van der Waals surface area (Å²) in [4.78, 5) is 0. The zero-order chi connectivity index (χ0) is 11.3. The molecule has 0 amide bonds. The molecular formula is C13H20O2. The van der Waals surface area contributed by atoms with Gasteiger partial charge in [0.05, 0.1) is 0 Å². The Labute approximate surface area is 92.2 Å². The van der Waals surface area contributed by atoms with E-state index in [0.29, 0.717) is 0 Å². The first kappa shape index (κ1) is 12.2. The summed E-state index contributed by atoms with van der Waals surface area (Å²) in [5, 5.41) is 0. The Hall–Kier alpha value is -0.860. The van der Waals surface area contributed by atoms with E-state index in [2.05, 4.69) is 31.2 Å². The first-order valence-corrected chi connectivity index (χ1v) is 5.31. The average Bonchev–Trinajstić information content (AvgIpc) is 2.30. The van der Waals surface area contributed by atoms with Crippen LogP contribution in [0.2, 0.25) is 0 Å². The Bertz CT molecular complexity index is 286. The molecule has 0 aliphatic carbocycles. The Morgan fingerprint density at radius 1 is 1.00 bits per heavy atom. The molecule has 0 saturated heterocycles. The van der Waals surface area contributed by atoms with Crippen LogP contribution in [0, 0.1) is 0 Å². The second kappa shape index (κ2) is 5.29. The van der Waals surface area contributed by atoms with Crippen LogP contribution in [0.25, 0.3) is 0 Å². The molecule has 15 heavy (non-hydrogen) atoms. The highest BCUT2D eigenvalue weighted by atomic mass is 16.7. The number of benzene rings is 1. The van der Waals surface area contributed by atoms with Crippen molar-refractivity contribution >= 4 is 0 Å². The molecule has 0 radical (unpaired) electrons. The van der Waals surface area contributed by atoms with Crippen LogP contribution >= 0.6 is 0 Å². The third kappa shape index (κ3) is 3.33. The van der Waals surface area contributed by atoms with Crippen LogP contribution < -0.4 is 0 Å². The molecule has 1 aromatic carbocycles. The maximum absolute atomic E-state index is 5.33. The lowest BCUT2D eigenvalue weighted by Gasteiger charge is -2.26. The van der Waals surface area contributed by atoms with Crippen LogP contribution in [-0.4, -0.2) is 20.0 Å². The van der Waals surface area contributed by atoms with Gasteiger partial charge in [-0.2, -0.15) is 0 Å². The Morgan fingerprint density at radius 2 is 1.47 bits per heavy atom. The minimum absolute atomic E-state index is 0.520. The summed E-state index contributed by atoms with van der Waals surface area (Å²) in [7, 11) is 3.34. The van der Waals surface area contributed by atoms with E-state index in [4.69, 9.17) is 9.47 Å². The molecular weight excluding hydrogens is 188 g/mol. The van der Waals surface area contributed by atoms with E-state index in [0.717, 1.165) is 12.8 Å². The third-order valence-electron chi connectivity index (χ3n) is 2.82. The normalized spacial score (nSPS) is 11.7. The summed E-state index contributed by atoms with van der Waals surface area (Å²) in [6.07, 6.45) is 1.84. The first-order chi connectivity index (χ1) is 7.13. The van der Waals surface area contributed by atoms with Gasteiger partial charge in [-0.15, -0.1) is 0 Å². The van der Waals surface area contributed by atoms with Gasteiger partial charge in [0.15, 0.2) is 5.79 Å². The van der Waals surface area contributed by atoms with Crippen molar-refractivity contribution < 1.29 is 9.47 Å². The van der Waals surface area contributed by atoms with Crippen LogP contribution in [-0.2, 0) is 22.3 Å². The molecule has 2 nitrogen and oxygen atoms in total. The molecule has 84 valence electrons. The van der Waals surface area contributed by atoms with E-state index < -0.39 is 5.79 Å². The van der Waals surface area contributed by atoms with Gasteiger partial charge in [0.2, 0.25) is 0 Å². The molecule has 2 heteroatoms. The second-order valence-corrected chi connectivity index (χ2v) is 3.89. The van der Waals surface area contributed by atoms with Crippen molar-refractivity contribution in [2.45, 2.75) is 32.5 Å². The summed E-state index contributed by atoms with van der Waals surface area (Å²) in [5.74, 6) is -0.520. The first-order valence-electron chi connectivity index (χ1n) is 5.31. The fraction of sp³-hybridized carbons (Fsp3) is 0.538. The van der Waals surface area contributed by atoms with E-state index in [9.17, 15) is 0 Å². The minimum Gasteiger partial charge on any atom is -0.353 e. The lowest BCUT2D eigenvalue weighted by Crippen LogP contribution is -2.32. The highest BCUT2D eigenvalue weighted by molar-refractivity contribution is 5.23. The summed E-state index contributed by atoms with van der Waals surface area (Å²) in [6.45, 7) is 4.10. The van der Waals surface area contributed by atoms with Crippen LogP contribution in [0.3, 0.4) is 0 Å². The van der Waals surface area contributed by atoms with Gasteiger partial charge in [0.25, 0.3) is 0 Å². The van der Waals surface area contributed by atoms with E-state index >= 15 is 0 Å². The van der Waals surface area contributed by atoms with Crippen molar-refractivity contribution in [3.8, 4) is 0 Å².